The van der Waals surface area contributed by atoms with Gasteiger partial charge in [-0.2, -0.15) is 0 Å². The predicted octanol–water partition coefficient (Wildman–Crippen LogP) is 2.49. The first-order valence-electron chi connectivity index (χ1n) is 7.81. The molecule has 2 unspecified atom stereocenters. The maximum atomic E-state index is 12.5. The van der Waals surface area contributed by atoms with Crippen LogP contribution in [-0.2, 0) is 11.3 Å². The van der Waals surface area contributed by atoms with Gasteiger partial charge in [-0.1, -0.05) is 6.42 Å². The number of nitrogens with two attached hydrogens (primary N) is 1. The van der Waals surface area contributed by atoms with Crippen molar-refractivity contribution in [1.82, 2.24) is 14.8 Å². The van der Waals surface area contributed by atoms with Crippen molar-refractivity contribution in [2.45, 2.75) is 38.8 Å². The standard InChI is InChI=1S/C15H24N4OS.3ClH/c1-11-17-12(10-21-11)9-18-5-7-19(8-6-18)15(20)13-3-2-4-14(13)16;;;/h10,13-14H,2-9,16H2,1H3;3*1H. The number of thiazole rings is 1. The number of rotatable bonds is 3. The van der Waals surface area contributed by atoms with Gasteiger partial charge in [0.1, 0.15) is 0 Å². The summed E-state index contributed by atoms with van der Waals surface area (Å²) in [7, 11) is 0. The number of hydrogen-bond donors (Lipinski definition) is 1. The van der Waals surface area contributed by atoms with Gasteiger partial charge in [-0.15, -0.1) is 48.6 Å². The molecule has 24 heavy (non-hydrogen) atoms. The maximum absolute atomic E-state index is 12.5. The Morgan fingerprint density at radius 3 is 2.42 bits per heavy atom. The molecule has 1 aliphatic carbocycles. The zero-order valence-corrected chi connectivity index (χ0v) is 17.1. The highest BCUT2D eigenvalue weighted by molar-refractivity contribution is 7.09. The van der Waals surface area contributed by atoms with E-state index in [1.165, 1.54) is 0 Å². The molecule has 140 valence electrons. The summed E-state index contributed by atoms with van der Waals surface area (Å²) in [5, 5.41) is 3.25. The fourth-order valence-electron chi connectivity index (χ4n) is 3.37. The molecule has 5 nitrogen and oxygen atoms in total. The van der Waals surface area contributed by atoms with E-state index < -0.39 is 0 Å². The van der Waals surface area contributed by atoms with Gasteiger partial charge in [0.2, 0.25) is 5.91 Å². The molecule has 2 atom stereocenters. The third-order valence-electron chi connectivity index (χ3n) is 4.62. The third kappa shape index (κ3) is 5.71. The van der Waals surface area contributed by atoms with Crippen LogP contribution in [0.5, 0.6) is 0 Å². The van der Waals surface area contributed by atoms with Crippen molar-refractivity contribution in [3.05, 3.63) is 16.1 Å². The molecule has 0 radical (unpaired) electrons. The summed E-state index contributed by atoms with van der Waals surface area (Å²) in [5.74, 6) is 0.349. The lowest BCUT2D eigenvalue weighted by molar-refractivity contribution is -0.137. The van der Waals surface area contributed by atoms with Crippen molar-refractivity contribution in [2.24, 2.45) is 11.7 Å². The fourth-order valence-corrected chi connectivity index (χ4v) is 3.97. The van der Waals surface area contributed by atoms with Crippen molar-refractivity contribution < 1.29 is 4.79 Å². The lowest BCUT2D eigenvalue weighted by Crippen LogP contribution is -2.51. The van der Waals surface area contributed by atoms with Crippen LogP contribution < -0.4 is 5.73 Å². The summed E-state index contributed by atoms with van der Waals surface area (Å²) in [6, 6.07) is 0.0773. The first-order valence-corrected chi connectivity index (χ1v) is 8.69. The van der Waals surface area contributed by atoms with Crippen molar-refractivity contribution in [3.63, 3.8) is 0 Å². The Hall–Kier alpha value is -0.110. The van der Waals surface area contributed by atoms with Gasteiger partial charge in [0.05, 0.1) is 16.6 Å². The summed E-state index contributed by atoms with van der Waals surface area (Å²) in [6.45, 7) is 6.45. The summed E-state index contributed by atoms with van der Waals surface area (Å²) in [4.78, 5) is 21.4. The zero-order chi connectivity index (χ0) is 14.8. The lowest BCUT2D eigenvalue weighted by atomic mass is 10.0. The number of piperazine rings is 1. The van der Waals surface area contributed by atoms with E-state index in [1.54, 1.807) is 11.3 Å². The minimum absolute atomic E-state index is 0. The molecule has 1 aliphatic heterocycles. The number of carbonyl (C=O) groups is 1. The minimum atomic E-state index is 0. The summed E-state index contributed by atoms with van der Waals surface area (Å²) in [5.41, 5.74) is 7.20. The van der Waals surface area contributed by atoms with Crippen LogP contribution in [0.1, 0.15) is 30.0 Å². The molecule has 0 bridgehead atoms. The molecule has 2 N–H and O–H groups in total. The highest BCUT2D eigenvalue weighted by atomic mass is 35.5. The molecular formula is C15H27Cl3N4OS. The van der Waals surface area contributed by atoms with Crippen LogP contribution in [0.2, 0.25) is 0 Å². The summed E-state index contributed by atoms with van der Waals surface area (Å²) >= 11 is 1.70. The van der Waals surface area contributed by atoms with Crippen molar-refractivity contribution in [3.8, 4) is 0 Å². The molecule has 2 fully saturated rings. The third-order valence-corrected chi connectivity index (χ3v) is 5.45. The van der Waals surface area contributed by atoms with Crippen LogP contribution in [0.4, 0.5) is 0 Å². The lowest BCUT2D eigenvalue weighted by Gasteiger charge is -2.36. The highest BCUT2D eigenvalue weighted by Crippen LogP contribution is 2.26. The van der Waals surface area contributed by atoms with Gasteiger partial charge in [0.25, 0.3) is 0 Å². The van der Waals surface area contributed by atoms with Crippen molar-refractivity contribution in [1.29, 1.82) is 0 Å². The van der Waals surface area contributed by atoms with E-state index in [0.717, 1.165) is 62.7 Å². The topological polar surface area (TPSA) is 62.5 Å². The Labute approximate surface area is 166 Å². The van der Waals surface area contributed by atoms with Crippen LogP contribution in [0.25, 0.3) is 0 Å². The number of aromatic nitrogens is 1. The van der Waals surface area contributed by atoms with E-state index in [0.29, 0.717) is 0 Å². The van der Waals surface area contributed by atoms with Crippen LogP contribution in [-0.4, -0.2) is 52.9 Å². The molecule has 3 rings (SSSR count). The largest absolute Gasteiger partial charge is 0.340 e. The average molecular weight is 418 g/mol. The maximum Gasteiger partial charge on any atom is 0.227 e. The molecule has 1 saturated heterocycles. The van der Waals surface area contributed by atoms with Crippen LogP contribution in [0, 0.1) is 12.8 Å². The second-order valence-electron chi connectivity index (χ2n) is 6.16. The molecule has 1 aromatic heterocycles. The fraction of sp³-hybridized carbons (Fsp3) is 0.733. The Morgan fingerprint density at radius 2 is 1.92 bits per heavy atom. The Kier molecular flexibility index (Phi) is 10.7. The van der Waals surface area contributed by atoms with Crippen molar-refractivity contribution in [2.75, 3.05) is 26.2 Å². The molecule has 2 heterocycles. The van der Waals surface area contributed by atoms with E-state index in [9.17, 15) is 4.79 Å². The van der Waals surface area contributed by atoms with E-state index in [2.05, 4.69) is 15.3 Å². The summed E-state index contributed by atoms with van der Waals surface area (Å²) < 4.78 is 0. The molecular weight excluding hydrogens is 391 g/mol. The van der Waals surface area contributed by atoms with Gasteiger partial charge in [0.15, 0.2) is 0 Å². The number of carbonyl (C=O) groups excluding carboxylic acids is 1. The number of nitrogens with zero attached hydrogens (tertiary/aromatic N) is 3. The zero-order valence-electron chi connectivity index (χ0n) is 13.8. The van der Waals surface area contributed by atoms with Gasteiger partial charge in [-0.3, -0.25) is 9.69 Å². The van der Waals surface area contributed by atoms with Gasteiger partial charge in [0, 0.05) is 44.1 Å². The van der Waals surface area contributed by atoms with Crippen LogP contribution in [0.15, 0.2) is 5.38 Å². The van der Waals surface area contributed by atoms with Crippen LogP contribution in [0.3, 0.4) is 0 Å². The predicted molar refractivity (Wildman–Crippen MR) is 106 cm³/mol. The van der Waals surface area contributed by atoms with Gasteiger partial charge < -0.3 is 10.6 Å². The molecule has 0 spiro atoms. The molecule has 1 aromatic rings. The molecule has 9 heteroatoms. The van der Waals surface area contributed by atoms with E-state index >= 15 is 0 Å². The quantitative estimate of drug-likeness (QED) is 0.820. The van der Waals surface area contributed by atoms with E-state index in [4.69, 9.17) is 5.73 Å². The molecule has 2 aliphatic rings. The first-order chi connectivity index (χ1) is 10.1. The molecule has 1 amide bonds. The Balaban J connectivity index is 0.00000176. The van der Waals surface area contributed by atoms with Gasteiger partial charge in [-0.05, 0) is 19.8 Å². The molecule has 1 saturated carbocycles. The summed E-state index contributed by atoms with van der Waals surface area (Å²) in [6.07, 6.45) is 3.07. The second-order valence-corrected chi connectivity index (χ2v) is 7.22. The Bertz CT molecular complexity index is 509. The normalized spacial score (nSPS) is 23.8. The highest BCUT2D eigenvalue weighted by Gasteiger charge is 2.34. The smallest absolute Gasteiger partial charge is 0.227 e. The SMILES string of the molecule is Cc1nc(CN2CCN(C(=O)C3CCCC3N)CC2)cs1.Cl.Cl.Cl. The average Bonchev–Trinajstić information content (AvgIpc) is 3.08. The van der Waals surface area contributed by atoms with Gasteiger partial charge in [-0.25, -0.2) is 4.98 Å². The minimum Gasteiger partial charge on any atom is -0.340 e. The number of amides is 1. The number of aryl methyl sites for hydroxylation is 1. The Morgan fingerprint density at radius 1 is 1.25 bits per heavy atom. The molecule has 0 aromatic carbocycles. The number of halogens is 3. The van der Waals surface area contributed by atoms with E-state index in [-0.39, 0.29) is 55.1 Å². The monoisotopic (exact) mass is 416 g/mol. The van der Waals surface area contributed by atoms with Crippen molar-refractivity contribution >= 4 is 54.5 Å². The second kappa shape index (κ2) is 10.8. The van der Waals surface area contributed by atoms with E-state index in [1.807, 2.05) is 11.8 Å². The first kappa shape index (κ1) is 23.9. The van der Waals surface area contributed by atoms with Crippen LogP contribution >= 0.6 is 48.6 Å². The van der Waals surface area contributed by atoms with Gasteiger partial charge >= 0.3 is 0 Å². The number of hydrogen-bond acceptors (Lipinski definition) is 5.